The van der Waals surface area contributed by atoms with Crippen molar-refractivity contribution < 1.29 is 14.7 Å². The lowest BCUT2D eigenvalue weighted by Gasteiger charge is -2.27. The molecule has 0 aliphatic heterocycles. The number of hydrogen-bond acceptors (Lipinski definition) is 2. The average molecular weight is 258 g/mol. The van der Waals surface area contributed by atoms with Gasteiger partial charge >= 0.3 is 12.0 Å². The van der Waals surface area contributed by atoms with E-state index in [1.807, 2.05) is 6.92 Å². The largest absolute Gasteiger partial charge is 0.480 e. The molecule has 1 unspecified atom stereocenters. The Morgan fingerprint density at radius 2 is 1.67 bits per heavy atom. The lowest BCUT2D eigenvalue weighted by molar-refractivity contribution is -0.138. The van der Waals surface area contributed by atoms with Crippen LogP contribution in [0.1, 0.15) is 47.5 Å². The second kappa shape index (κ2) is 7.95. The summed E-state index contributed by atoms with van der Waals surface area (Å²) in [6, 6.07) is -0.364. The van der Waals surface area contributed by atoms with Crippen molar-refractivity contribution in [3.05, 3.63) is 0 Å². The smallest absolute Gasteiger partial charge is 0.323 e. The third-order valence-electron chi connectivity index (χ3n) is 2.74. The van der Waals surface area contributed by atoms with Gasteiger partial charge in [0.2, 0.25) is 0 Å². The molecule has 2 amide bonds. The van der Waals surface area contributed by atoms with Crippen LogP contribution in [0, 0.1) is 5.92 Å². The van der Waals surface area contributed by atoms with Crippen LogP contribution in [0.3, 0.4) is 0 Å². The van der Waals surface area contributed by atoms with Gasteiger partial charge in [0.05, 0.1) is 0 Å². The van der Waals surface area contributed by atoms with Gasteiger partial charge in [-0.25, -0.2) is 4.79 Å². The van der Waals surface area contributed by atoms with Gasteiger partial charge in [0.1, 0.15) is 6.54 Å². The minimum absolute atomic E-state index is 0.0648. The van der Waals surface area contributed by atoms with Gasteiger partial charge in [-0.2, -0.15) is 0 Å². The maximum absolute atomic E-state index is 11.9. The Labute approximate surface area is 110 Å². The molecule has 0 saturated heterocycles. The average Bonchev–Trinajstić information content (AvgIpc) is 2.22. The van der Waals surface area contributed by atoms with Crippen LogP contribution in [-0.4, -0.2) is 40.6 Å². The maximum Gasteiger partial charge on any atom is 0.323 e. The van der Waals surface area contributed by atoms with Gasteiger partial charge in [-0.3, -0.25) is 4.79 Å². The summed E-state index contributed by atoms with van der Waals surface area (Å²) >= 11 is 0. The van der Waals surface area contributed by atoms with E-state index in [1.54, 1.807) is 13.8 Å². The normalized spacial score (nSPS) is 12.6. The molecule has 1 atom stereocenters. The van der Waals surface area contributed by atoms with Crippen molar-refractivity contribution in [2.24, 2.45) is 5.92 Å². The Bertz CT molecular complexity index is 277. The van der Waals surface area contributed by atoms with Crippen molar-refractivity contribution >= 4 is 12.0 Å². The van der Waals surface area contributed by atoms with Crippen LogP contribution in [0.25, 0.3) is 0 Å². The fourth-order valence-electron chi connectivity index (χ4n) is 1.58. The summed E-state index contributed by atoms with van der Waals surface area (Å²) in [6.45, 7) is 9.57. The van der Waals surface area contributed by atoms with E-state index in [0.29, 0.717) is 5.92 Å². The van der Waals surface area contributed by atoms with Gasteiger partial charge in [0.15, 0.2) is 0 Å². The number of carboxylic acids is 1. The molecule has 0 rings (SSSR count). The molecule has 2 N–H and O–H groups in total. The molecular formula is C13H26N2O3. The first-order valence-electron chi connectivity index (χ1n) is 6.53. The lowest BCUT2D eigenvalue weighted by atomic mass is 10.0. The van der Waals surface area contributed by atoms with Crippen molar-refractivity contribution in [1.82, 2.24) is 10.2 Å². The van der Waals surface area contributed by atoms with E-state index in [2.05, 4.69) is 19.2 Å². The van der Waals surface area contributed by atoms with Crippen molar-refractivity contribution in [3.63, 3.8) is 0 Å². The van der Waals surface area contributed by atoms with E-state index in [1.165, 1.54) is 4.90 Å². The third-order valence-corrected chi connectivity index (χ3v) is 2.74. The summed E-state index contributed by atoms with van der Waals surface area (Å²) in [7, 11) is 0. The van der Waals surface area contributed by atoms with E-state index in [9.17, 15) is 9.59 Å². The monoisotopic (exact) mass is 258 g/mol. The minimum atomic E-state index is -0.992. The zero-order valence-electron chi connectivity index (χ0n) is 12.1. The highest BCUT2D eigenvalue weighted by Crippen LogP contribution is 2.07. The number of amides is 2. The van der Waals surface area contributed by atoms with Crippen LogP contribution in [0.15, 0.2) is 0 Å². The van der Waals surface area contributed by atoms with Crippen molar-refractivity contribution in [3.8, 4) is 0 Å². The van der Waals surface area contributed by atoms with Gasteiger partial charge in [-0.1, -0.05) is 13.8 Å². The second-order valence-corrected chi connectivity index (χ2v) is 5.44. The Hall–Kier alpha value is -1.26. The molecule has 0 fully saturated rings. The summed E-state index contributed by atoms with van der Waals surface area (Å²) in [5, 5.41) is 11.6. The van der Waals surface area contributed by atoms with E-state index in [0.717, 1.165) is 12.8 Å². The number of hydrogen-bond donors (Lipinski definition) is 2. The molecule has 5 heteroatoms. The molecule has 0 aromatic carbocycles. The Kier molecular flexibility index (Phi) is 7.39. The topological polar surface area (TPSA) is 69.6 Å². The fourth-order valence-corrected chi connectivity index (χ4v) is 1.58. The van der Waals surface area contributed by atoms with Crippen LogP contribution < -0.4 is 5.32 Å². The number of nitrogens with zero attached hydrogens (tertiary/aromatic N) is 1. The van der Waals surface area contributed by atoms with Crippen LogP contribution >= 0.6 is 0 Å². The van der Waals surface area contributed by atoms with Gasteiger partial charge in [0, 0.05) is 12.1 Å². The highest BCUT2D eigenvalue weighted by Gasteiger charge is 2.20. The number of nitrogens with one attached hydrogen (secondary N) is 1. The summed E-state index contributed by atoms with van der Waals surface area (Å²) in [4.78, 5) is 24.0. The molecule has 0 spiro atoms. The molecule has 0 radical (unpaired) electrons. The number of urea groups is 1. The van der Waals surface area contributed by atoms with Crippen molar-refractivity contribution in [1.29, 1.82) is 0 Å². The number of carboxylic acid groups (broad SMARTS) is 1. The van der Waals surface area contributed by atoms with Crippen LogP contribution in [0.2, 0.25) is 0 Å². The Balaban J connectivity index is 4.28. The third kappa shape index (κ3) is 7.14. The predicted molar refractivity (Wildman–Crippen MR) is 71.5 cm³/mol. The summed E-state index contributed by atoms with van der Waals surface area (Å²) < 4.78 is 0. The molecule has 0 aliphatic rings. The number of carbonyl (C=O) groups is 2. The number of aliphatic carboxylic acids is 1. The summed E-state index contributed by atoms with van der Waals surface area (Å²) in [5.74, 6) is -0.391. The van der Waals surface area contributed by atoms with Gasteiger partial charge < -0.3 is 15.3 Å². The first-order chi connectivity index (χ1) is 8.23. The highest BCUT2D eigenvalue weighted by molar-refractivity contribution is 5.80. The van der Waals surface area contributed by atoms with Gasteiger partial charge in [-0.05, 0) is 39.5 Å². The quantitative estimate of drug-likeness (QED) is 0.736. The van der Waals surface area contributed by atoms with Crippen LogP contribution in [0.5, 0.6) is 0 Å². The van der Waals surface area contributed by atoms with E-state index >= 15 is 0 Å². The predicted octanol–water partition coefficient (Wildman–Crippen LogP) is 2.32. The minimum Gasteiger partial charge on any atom is -0.480 e. The number of carbonyl (C=O) groups excluding carboxylic acids is 1. The van der Waals surface area contributed by atoms with Crippen molar-refractivity contribution in [2.75, 3.05) is 6.54 Å². The molecule has 18 heavy (non-hydrogen) atoms. The Morgan fingerprint density at radius 3 is 2.06 bits per heavy atom. The molecule has 0 saturated carbocycles. The van der Waals surface area contributed by atoms with E-state index in [4.69, 9.17) is 5.11 Å². The van der Waals surface area contributed by atoms with Gasteiger partial charge in [0.25, 0.3) is 0 Å². The van der Waals surface area contributed by atoms with Crippen LogP contribution in [-0.2, 0) is 4.79 Å². The maximum atomic E-state index is 11.9. The standard InChI is InChI=1S/C13H26N2O3/c1-9(2)6-7-11(5)14-13(18)15(10(3)4)8-12(16)17/h9-11H,6-8H2,1-5H3,(H,14,18)(H,16,17). The van der Waals surface area contributed by atoms with E-state index < -0.39 is 5.97 Å². The number of rotatable bonds is 7. The first-order valence-corrected chi connectivity index (χ1v) is 6.53. The first kappa shape index (κ1) is 16.7. The lowest BCUT2D eigenvalue weighted by Crippen LogP contribution is -2.49. The molecular weight excluding hydrogens is 232 g/mol. The fraction of sp³-hybridized carbons (Fsp3) is 0.846. The molecule has 0 heterocycles. The molecule has 5 nitrogen and oxygen atoms in total. The van der Waals surface area contributed by atoms with Gasteiger partial charge in [-0.15, -0.1) is 0 Å². The Morgan fingerprint density at radius 1 is 1.11 bits per heavy atom. The summed E-state index contributed by atoms with van der Waals surface area (Å²) in [6.07, 6.45) is 1.95. The molecule has 0 aromatic heterocycles. The van der Waals surface area contributed by atoms with Crippen LogP contribution in [0.4, 0.5) is 4.79 Å². The van der Waals surface area contributed by atoms with E-state index in [-0.39, 0.29) is 24.7 Å². The SMILES string of the molecule is CC(C)CCC(C)NC(=O)N(CC(=O)O)C(C)C. The highest BCUT2D eigenvalue weighted by atomic mass is 16.4. The van der Waals surface area contributed by atoms with Crippen molar-refractivity contribution in [2.45, 2.75) is 59.5 Å². The molecule has 0 aliphatic carbocycles. The zero-order valence-corrected chi connectivity index (χ0v) is 12.1. The molecule has 0 bridgehead atoms. The second-order valence-electron chi connectivity index (χ2n) is 5.44. The molecule has 0 aromatic rings. The molecule has 106 valence electrons. The zero-order chi connectivity index (χ0) is 14.3. The summed E-state index contributed by atoms with van der Waals surface area (Å²) in [5.41, 5.74) is 0.